The highest BCUT2D eigenvalue weighted by Gasteiger charge is 2.13. The Balaban J connectivity index is 1.59. The van der Waals surface area contributed by atoms with Crippen molar-refractivity contribution >= 4 is 23.3 Å². The van der Waals surface area contributed by atoms with Crippen LogP contribution >= 0.6 is 0 Å². The number of carbonyl (C=O) groups is 3. The van der Waals surface area contributed by atoms with Gasteiger partial charge in [-0.1, -0.05) is 12.1 Å². The molecule has 2 heterocycles. The van der Waals surface area contributed by atoms with Crippen LogP contribution in [0.3, 0.4) is 0 Å². The lowest BCUT2D eigenvalue weighted by atomic mass is 10.2. The first-order valence-corrected chi connectivity index (χ1v) is 8.74. The molecule has 3 rings (SSSR count). The van der Waals surface area contributed by atoms with E-state index in [0.29, 0.717) is 23.5 Å². The Morgan fingerprint density at radius 2 is 1.96 bits per heavy atom. The summed E-state index contributed by atoms with van der Waals surface area (Å²) in [5.41, 5.74) is 2.39. The van der Waals surface area contributed by atoms with Gasteiger partial charge in [-0.05, 0) is 36.8 Å². The SMILES string of the molecule is CC(=O)c1cc(C(=O)NCc2cccc(NC(=O)Cn3cccn3)c2)n(C)c1. The van der Waals surface area contributed by atoms with Crippen LogP contribution in [0.4, 0.5) is 5.69 Å². The molecule has 0 aliphatic carbocycles. The standard InChI is InChI=1S/C20H21N5O3/c1-14(26)16-10-18(24(2)12-16)20(28)21-11-15-5-3-6-17(9-15)23-19(27)13-25-8-4-7-22-25/h3-10,12H,11,13H2,1-2H3,(H,21,28)(H,23,27). The number of anilines is 1. The molecule has 0 spiro atoms. The molecular weight excluding hydrogens is 358 g/mol. The second kappa shape index (κ2) is 8.34. The molecule has 2 N–H and O–H groups in total. The van der Waals surface area contributed by atoms with Gasteiger partial charge < -0.3 is 15.2 Å². The topological polar surface area (TPSA) is 98.0 Å². The van der Waals surface area contributed by atoms with Crippen molar-refractivity contribution in [3.05, 3.63) is 71.8 Å². The van der Waals surface area contributed by atoms with Gasteiger partial charge in [-0.15, -0.1) is 0 Å². The minimum absolute atomic E-state index is 0.0896. The predicted molar refractivity (Wildman–Crippen MR) is 104 cm³/mol. The van der Waals surface area contributed by atoms with Crippen molar-refractivity contribution in [2.75, 3.05) is 5.32 Å². The van der Waals surface area contributed by atoms with E-state index in [1.54, 1.807) is 60.5 Å². The van der Waals surface area contributed by atoms with Crippen LogP contribution in [0.5, 0.6) is 0 Å². The Labute approximate surface area is 162 Å². The van der Waals surface area contributed by atoms with Crippen molar-refractivity contribution in [3.63, 3.8) is 0 Å². The Morgan fingerprint density at radius 3 is 2.64 bits per heavy atom. The van der Waals surface area contributed by atoms with Gasteiger partial charge in [-0.3, -0.25) is 19.1 Å². The zero-order valence-electron chi connectivity index (χ0n) is 15.7. The summed E-state index contributed by atoms with van der Waals surface area (Å²) in [5, 5.41) is 9.64. The summed E-state index contributed by atoms with van der Waals surface area (Å²) in [5.74, 6) is -0.554. The van der Waals surface area contributed by atoms with E-state index in [9.17, 15) is 14.4 Å². The van der Waals surface area contributed by atoms with Gasteiger partial charge in [-0.2, -0.15) is 5.10 Å². The lowest BCUT2D eigenvalue weighted by Crippen LogP contribution is -2.25. The summed E-state index contributed by atoms with van der Waals surface area (Å²) < 4.78 is 3.16. The minimum atomic E-state index is -0.275. The van der Waals surface area contributed by atoms with Crippen molar-refractivity contribution in [2.45, 2.75) is 20.0 Å². The molecule has 3 aromatic rings. The highest BCUT2D eigenvalue weighted by Crippen LogP contribution is 2.12. The zero-order chi connectivity index (χ0) is 20.1. The summed E-state index contributed by atoms with van der Waals surface area (Å²) in [6, 6.07) is 10.6. The first-order chi connectivity index (χ1) is 13.4. The van der Waals surface area contributed by atoms with Crippen LogP contribution in [0.15, 0.2) is 55.0 Å². The average molecular weight is 379 g/mol. The second-order valence-electron chi connectivity index (χ2n) is 6.42. The maximum absolute atomic E-state index is 12.4. The Kier molecular flexibility index (Phi) is 5.69. The van der Waals surface area contributed by atoms with Crippen LogP contribution in [-0.4, -0.2) is 31.9 Å². The zero-order valence-corrected chi connectivity index (χ0v) is 15.7. The molecule has 0 saturated heterocycles. The molecule has 8 heteroatoms. The van der Waals surface area contributed by atoms with E-state index in [0.717, 1.165) is 5.56 Å². The quantitative estimate of drug-likeness (QED) is 0.614. The molecule has 2 aromatic heterocycles. The maximum atomic E-state index is 12.4. The lowest BCUT2D eigenvalue weighted by Gasteiger charge is -2.09. The summed E-state index contributed by atoms with van der Waals surface area (Å²) >= 11 is 0. The number of amides is 2. The van der Waals surface area contributed by atoms with E-state index in [2.05, 4.69) is 15.7 Å². The van der Waals surface area contributed by atoms with E-state index in [1.165, 1.54) is 11.6 Å². The Hall–Kier alpha value is -3.68. The van der Waals surface area contributed by atoms with Gasteiger partial charge >= 0.3 is 0 Å². The fourth-order valence-corrected chi connectivity index (χ4v) is 2.76. The third-order valence-electron chi connectivity index (χ3n) is 4.17. The van der Waals surface area contributed by atoms with Crippen LogP contribution in [0, 0.1) is 0 Å². The van der Waals surface area contributed by atoms with Crippen molar-refractivity contribution < 1.29 is 14.4 Å². The number of carbonyl (C=O) groups excluding carboxylic acids is 3. The lowest BCUT2D eigenvalue weighted by molar-refractivity contribution is -0.116. The molecule has 0 atom stereocenters. The minimum Gasteiger partial charge on any atom is -0.347 e. The molecule has 0 radical (unpaired) electrons. The van der Waals surface area contributed by atoms with Crippen LogP contribution in [-0.2, 0) is 24.9 Å². The third kappa shape index (κ3) is 4.73. The number of Topliss-reactive ketones (excluding diaryl/α,β-unsaturated/α-hetero) is 1. The van der Waals surface area contributed by atoms with Gasteiger partial charge in [0.15, 0.2) is 5.78 Å². The van der Waals surface area contributed by atoms with Crippen LogP contribution in [0.25, 0.3) is 0 Å². The molecule has 1 aromatic carbocycles. The molecule has 144 valence electrons. The molecular formula is C20H21N5O3. The average Bonchev–Trinajstić information content (AvgIpc) is 3.29. The molecule has 0 saturated carbocycles. The van der Waals surface area contributed by atoms with Gasteiger partial charge in [0.25, 0.3) is 5.91 Å². The number of aromatic nitrogens is 3. The van der Waals surface area contributed by atoms with E-state index in [4.69, 9.17) is 0 Å². The smallest absolute Gasteiger partial charge is 0.268 e. The van der Waals surface area contributed by atoms with E-state index in [-0.39, 0.29) is 24.1 Å². The fraction of sp³-hybridized carbons (Fsp3) is 0.200. The molecule has 0 aliphatic rings. The van der Waals surface area contributed by atoms with Gasteiger partial charge in [0.1, 0.15) is 12.2 Å². The second-order valence-corrected chi connectivity index (χ2v) is 6.42. The van der Waals surface area contributed by atoms with Crippen molar-refractivity contribution in [3.8, 4) is 0 Å². The van der Waals surface area contributed by atoms with E-state index >= 15 is 0 Å². The molecule has 8 nitrogen and oxygen atoms in total. The number of nitrogens with zero attached hydrogens (tertiary/aromatic N) is 3. The number of nitrogens with one attached hydrogen (secondary N) is 2. The number of hydrogen-bond donors (Lipinski definition) is 2. The van der Waals surface area contributed by atoms with Gasteiger partial charge in [-0.25, -0.2) is 0 Å². The number of aryl methyl sites for hydroxylation is 1. The molecule has 0 fully saturated rings. The van der Waals surface area contributed by atoms with Crippen LogP contribution in [0.1, 0.15) is 33.3 Å². The highest BCUT2D eigenvalue weighted by molar-refractivity contribution is 5.99. The largest absolute Gasteiger partial charge is 0.347 e. The number of rotatable bonds is 7. The highest BCUT2D eigenvalue weighted by atomic mass is 16.2. The fourth-order valence-electron chi connectivity index (χ4n) is 2.76. The third-order valence-corrected chi connectivity index (χ3v) is 4.17. The van der Waals surface area contributed by atoms with Crippen molar-refractivity contribution in [1.82, 2.24) is 19.7 Å². The van der Waals surface area contributed by atoms with E-state index < -0.39 is 0 Å². The van der Waals surface area contributed by atoms with Crippen LogP contribution < -0.4 is 10.6 Å². The first-order valence-electron chi connectivity index (χ1n) is 8.74. The molecule has 0 bridgehead atoms. The van der Waals surface area contributed by atoms with E-state index in [1.807, 2.05) is 6.07 Å². The number of benzene rings is 1. The molecule has 0 unspecified atom stereocenters. The Bertz CT molecular complexity index is 1000. The van der Waals surface area contributed by atoms with Crippen LogP contribution in [0.2, 0.25) is 0 Å². The maximum Gasteiger partial charge on any atom is 0.268 e. The van der Waals surface area contributed by atoms with Gasteiger partial charge in [0, 0.05) is 43.4 Å². The summed E-state index contributed by atoms with van der Waals surface area (Å²) in [4.78, 5) is 35.9. The monoisotopic (exact) mass is 379 g/mol. The Morgan fingerprint density at radius 1 is 1.14 bits per heavy atom. The summed E-state index contributed by atoms with van der Waals surface area (Å²) in [7, 11) is 1.72. The van der Waals surface area contributed by atoms with Crippen molar-refractivity contribution in [2.24, 2.45) is 7.05 Å². The summed E-state index contributed by atoms with van der Waals surface area (Å²) in [6.07, 6.45) is 4.96. The molecule has 28 heavy (non-hydrogen) atoms. The molecule has 2 amide bonds. The predicted octanol–water partition coefficient (Wildman–Crippen LogP) is 1.99. The van der Waals surface area contributed by atoms with Crippen molar-refractivity contribution in [1.29, 1.82) is 0 Å². The number of hydrogen-bond acceptors (Lipinski definition) is 4. The number of ketones is 1. The normalized spacial score (nSPS) is 10.5. The molecule has 0 aliphatic heterocycles. The summed E-state index contributed by atoms with van der Waals surface area (Å²) in [6.45, 7) is 1.88. The van der Waals surface area contributed by atoms with Gasteiger partial charge in [0.05, 0.1) is 0 Å². The first kappa shape index (κ1) is 19.1. The van der Waals surface area contributed by atoms with Gasteiger partial charge in [0.2, 0.25) is 5.91 Å².